The molecule has 8 nitrogen and oxygen atoms in total. The van der Waals surface area contributed by atoms with E-state index in [2.05, 4.69) is 22.6 Å². The van der Waals surface area contributed by atoms with Gasteiger partial charge in [0.05, 0.1) is 15.1 Å². The Morgan fingerprint density at radius 1 is 0.973 bits per heavy atom. The highest BCUT2D eigenvalue weighted by Gasteiger charge is 2.42. The number of Topliss-reactive ketones (excluding diaryl/α,β-unsaturated/α-hetero) is 2. The standard InChI is InChI=1S/C28H26INO7/c1-2-35-24-14-17(13-19(29)28(24)36-15-16-9-11-18(12-10-16)30(33)34)25-26-20(31)5-3-7-22(26)37-23-8-4-6-21(32)27(23)25/h9-14,25H,2-8,15H2,1H3. The molecule has 1 aliphatic heterocycles. The minimum atomic E-state index is -0.476. The first-order valence-electron chi connectivity index (χ1n) is 12.4. The average molecular weight is 615 g/mol. The molecule has 0 fully saturated rings. The quantitative estimate of drug-likeness (QED) is 0.204. The van der Waals surface area contributed by atoms with E-state index in [0.717, 1.165) is 27.5 Å². The minimum Gasteiger partial charge on any atom is -0.490 e. The number of hydrogen-bond donors (Lipinski definition) is 0. The second-order valence-corrected chi connectivity index (χ2v) is 10.4. The average Bonchev–Trinajstić information content (AvgIpc) is 2.87. The zero-order valence-electron chi connectivity index (χ0n) is 20.4. The van der Waals surface area contributed by atoms with Crippen molar-refractivity contribution in [2.24, 2.45) is 0 Å². The summed E-state index contributed by atoms with van der Waals surface area (Å²) in [6, 6.07) is 10.0. The SMILES string of the molecule is CCOc1cc(C2C3=C(CCCC3=O)OC3=C2C(=O)CCC3)cc(I)c1OCc1ccc([N+](=O)[O-])cc1. The fourth-order valence-corrected chi connectivity index (χ4v) is 5.96. The molecule has 0 aromatic heterocycles. The van der Waals surface area contributed by atoms with Crippen LogP contribution in [0.4, 0.5) is 5.69 Å². The molecule has 0 saturated heterocycles. The normalized spacial score (nSPS) is 17.8. The molecule has 0 bridgehead atoms. The van der Waals surface area contributed by atoms with Crippen LogP contribution < -0.4 is 9.47 Å². The van der Waals surface area contributed by atoms with Gasteiger partial charge in [0, 0.05) is 54.9 Å². The Morgan fingerprint density at radius 3 is 2.16 bits per heavy atom. The summed E-state index contributed by atoms with van der Waals surface area (Å²) < 4.78 is 19.0. The van der Waals surface area contributed by atoms with Crippen molar-refractivity contribution >= 4 is 39.8 Å². The van der Waals surface area contributed by atoms with Gasteiger partial charge in [-0.1, -0.05) is 0 Å². The summed E-state index contributed by atoms with van der Waals surface area (Å²) in [4.78, 5) is 36.7. The topological polar surface area (TPSA) is 105 Å². The van der Waals surface area contributed by atoms with Crippen LogP contribution in [0.15, 0.2) is 59.1 Å². The van der Waals surface area contributed by atoms with E-state index in [1.54, 1.807) is 12.1 Å². The van der Waals surface area contributed by atoms with Gasteiger partial charge in [0.2, 0.25) is 0 Å². The number of nitrogens with zero attached hydrogens (tertiary/aromatic N) is 1. The van der Waals surface area contributed by atoms with Gasteiger partial charge in [0.1, 0.15) is 18.1 Å². The number of carbonyl (C=O) groups excluding carboxylic acids is 2. The first kappa shape index (κ1) is 25.4. The van der Waals surface area contributed by atoms with Gasteiger partial charge in [-0.2, -0.15) is 0 Å². The molecule has 0 N–H and O–H groups in total. The number of benzene rings is 2. The Balaban J connectivity index is 1.52. The van der Waals surface area contributed by atoms with Crippen LogP contribution in [0.3, 0.4) is 0 Å². The molecule has 0 spiro atoms. The Bertz CT molecular complexity index is 1300. The molecule has 2 aromatic rings. The van der Waals surface area contributed by atoms with Crippen LogP contribution in [0.5, 0.6) is 11.5 Å². The lowest BCUT2D eigenvalue weighted by atomic mass is 9.73. The van der Waals surface area contributed by atoms with E-state index in [1.165, 1.54) is 12.1 Å². The molecular formula is C28H26INO7. The van der Waals surface area contributed by atoms with E-state index in [9.17, 15) is 19.7 Å². The zero-order valence-corrected chi connectivity index (χ0v) is 22.5. The number of ketones is 2. The summed E-state index contributed by atoms with van der Waals surface area (Å²) in [5, 5.41) is 10.9. The predicted octanol–water partition coefficient (Wildman–Crippen LogP) is 6.31. The van der Waals surface area contributed by atoms with Gasteiger partial charge in [-0.25, -0.2) is 0 Å². The van der Waals surface area contributed by atoms with E-state index < -0.39 is 10.8 Å². The maximum Gasteiger partial charge on any atom is 0.269 e. The molecule has 2 aliphatic carbocycles. The Labute approximate surface area is 228 Å². The first-order chi connectivity index (χ1) is 17.9. The number of halogens is 1. The fraction of sp³-hybridized carbons (Fsp3) is 0.357. The fourth-order valence-electron chi connectivity index (χ4n) is 5.18. The Kier molecular flexibility index (Phi) is 7.32. The number of carbonyl (C=O) groups is 2. The van der Waals surface area contributed by atoms with E-state index in [-0.39, 0.29) is 23.9 Å². The van der Waals surface area contributed by atoms with Crippen LogP contribution in [0.1, 0.15) is 62.5 Å². The van der Waals surface area contributed by atoms with Crippen molar-refractivity contribution in [1.29, 1.82) is 0 Å². The lowest BCUT2D eigenvalue weighted by Gasteiger charge is -2.36. The van der Waals surface area contributed by atoms with Crippen molar-refractivity contribution in [3.8, 4) is 11.5 Å². The summed E-state index contributed by atoms with van der Waals surface area (Å²) in [6.45, 7) is 2.48. The molecule has 5 rings (SSSR count). The van der Waals surface area contributed by atoms with Crippen molar-refractivity contribution < 1.29 is 28.7 Å². The molecule has 1 heterocycles. The maximum atomic E-state index is 13.1. The monoisotopic (exact) mass is 615 g/mol. The summed E-state index contributed by atoms with van der Waals surface area (Å²) in [6.07, 6.45) is 3.77. The lowest BCUT2D eigenvalue weighted by molar-refractivity contribution is -0.384. The molecule has 3 aliphatic rings. The van der Waals surface area contributed by atoms with Crippen molar-refractivity contribution in [2.75, 3.05) is 6.61 Å². The Morgan fingerprint density at radius 2 is 1.59 bits per heavy atom. The molecule has 0 radical (unpaired) electrons. The van der Waals surface area contributed by atoms with Crippen LogP contribution in [0.2, 0.25) is 0 Å². The molecule has 0 amide bonds. The smallest absolute Gasteiger partial charge is 0.269 e. The van der Waals surface area contributed by atoms with Gasteiger partial charge in [0.25, 0.3) is 5.69 Å². The second-order valence-electron chi connectivity index (χ2n) is 9.24. The number of allylic oxidation sites excluding steroid dienone is 4. The largest absolute Gasteiger partial charge is 0.490 e. The molecule has 192 valence electrons. The molecule has 2 aromatic carbocycles. The van der Waals surface area contributed by atoms with Crippen molar-refractivity contribution in [1.82, 2.24) is 0 Å². The summed E-state index contributed by atoms with van der Waals surface area (Å²) in [7, 11) is 0. The third-order valence-electron chi connectivity index (χ3n) is 6.84. The number of ether oxygens (including phenoxy) is 3. The van der Waals surface area contributed by atoms with Gasteiger partial charge in [-0.15, -0.1) is 0 Å². The first-order valence-corrected chi connectivity index (χ1v) is 13.5. The molecule has 0 unspecified atom stereocenters. The molecular weight excluding hydrogens is 589 g/mol. The second kappa shape index (κ2) is 10.6. The van der Waals surface area contributed by atoms with E-state index in [0.29, 0.717) is 66.5 Å². The van der Waals surface area contributed by atoms with Crippen molar-refractivity contribution in [3.63, 3.8) is 0 Å². The number of rotatable bonds is 7. The zero-order chi connectivity index (χ0) is 26.1. The van der Waals surface area contributed by atoms with E-state index in [4.69, 9.17) is 14.2 Å². The third-order valence-corrected chi connectivity index (χ3v) is 7.64. The van der Waals surface area contributed by atoms with Crippen LogP contribution in [0.25, 0.3) is 0 Å². The number of non-ortho nitro benzene ring substituents is 1. The third kappa shape index (κ3) is 5.01. The number of nitro groups is 1. The molecule has 9 heteroatoms. The highest BCUT2D eigenvalue weighted by molar-refractivity contribution is 14.1. The van der Waals surface area contributed by atoms with Crippen LogP contribution >= 0.6 is 22.6 Å². The van der Waals surface area contributed by atoms with Crippen LogP contribution in [0, 0.1) is 13.7 Å². The van der Waals surface area contributed by atoms with Crippen molar-refractivity contribution in [2.45, 2.75) is 58.0 Å². The minimum absolute atomic E-state index is 0.0195. The predicted molar refractivity (Wildman–Crippen MR) is 143 cm³/mol. The van der Waals surface area contributed by atoms with E-state index in [1.807, 2.05) is 19.1 Å². The van der Waals surface area contributed by atoms with Gasteiger partial charge in [-0.3, -0.25) is 19.7 Å². The molecule has 0 atom stereocenters. The van der Waals surface area contributed by atoms with Gasteiger partial charge < -0.3 is 14.2 Å². The van der Waals surface area contributed by atoms with E-state index >= 15 is 0 Å². The van der Waals surface area contributed by atoms with Crippen LogP contribution in [-0.2, 0) is 20.9 Å². The number of nitro benzene ring substituents is 1. The van der Waals surface area contributed by atoms with Crippen LogP contribution in [-0.4, -0.2) is 23.1 Å². The maximum absolute atomic E-state index is 13.1. The summed E-state index contributed by atoms with van der Waals surface area (Å²) >= 11 is 2.18. The Hall–Kier alpha value is -3.21. The highest BCUT2D eigenvalue weighted by atomic mass is 127. The van der Waals surface area contributed by atoms with Gasteiger partial charge >= 0.3 is 0 Å². The molecule has 37 heavy (non-hydrogen) atoms. The molecule has 0 saturated carbocycles. The van der Waals surface area contributed by atoms with Gasteiger partial charge in [0.15, 0.2) is 23.1 Å². The summed E-state index contributed by atoms with van der Waals surface area (Å²) in [5.41, 5.74) is 2.80. The number of hydrogen-bond acceptors (Lipinski definition) is 7. The van der Waals surface area contributed by atoms with Gasteiger partial charge in [-0.05, 0) is 77.7 Å². The van der Waals surface area contributed by atoms with Crippen molar-refractivity contribution in [3.05, 3.63) is 83.9 Å². The summed E-state index contributed by atoms with van der Waals surface area (Å²) in [5.74, 6) is 2.04. The highest BCUT2D eigenvalue weighted by Crippen LogP contribution is 2.49. The lowest BCUT2D eigenvalue weighted by Crippen LogP contribution is -2.30.